The zero-order valence-electron chi connectivity index (χ0n) is 11.1. The molecule has 0 saturated heterocycles. The maximum Gasteiger partial charge on any atom is 0.251 e. The fraction of sp³-hybridized carbons (Fsp3) is 0.333. The molecule has 1 fully saturated rings. The lowest BCUT2D eigenvalue weighted by molar-refractivity contribution is 0.295. The maximum atomic E-state index is 11.6. The molecule has 1 aliphatic carbocycles. The second-order valence-electron chi connectivity index (χ2n) is 4.94. The molecule has 1 saturated carbocycles. The maximum absolute atomic E-state index is 11.6. The number of nitrogens with one attached hydrogen (secondary N) is 2. The van der Waals surface area contributed by atoms with E-state index in [4.69, 9.17) is 4.74 Å². The summed E-state index contributed by atoms with van der Waals surface area (Å²) in [5, 5.41) is 3.35. The Morgan fingerprint density at radius 1 is 1.30 bits per heavy atom. The molecule has 1 aromatic heterocycles. The lowest BCUT2D eigenvalue weighted by Gasteiger charge is -2.07. The summed E-state index contributed by atoms with van der Waals surface area (Å²) in [6.07, 6.45) is 2.43. The van der Waals surface area contributed by atoms with Crippen LogP contribution >= 0.6 is 0 Å². The van der Waals surface area contributed by atoms with Gasteiger partial charge in [-0.25, -0.2) is 4.98 Å². The van der Waals surface area contributed by atoms with Crippen LogP contribution in [0.1, 0.15) is 24.4 Å². The first-order valence-corrected chi connectivity index (χ1v) is 6.80. The minimum Gasteiger partial charge on any atom is -0.486 e. The second kappa shape index (κ2) is 5.88. The zero-order valence-corrected chi connectivity index (χ0v) is 11.1. The van der Waals surface area contributed by atoms with E-state index in [0.717, 1.165) is 11.4 Å². The fourth-order valence-electron chi connectivity index (χ4n) is 1.93. The molecule has 20 heavy (non-hydrogen) atoms. The van der Waals surface area contributed by atoms with Gasteiger partial charge in [0.25, 0.3) is 5.56 Å². The predicted molar refractivity (Wildman–Crippen MR) is 75.5 cm³/mol. The topological polar surface area (TPSA) is 67.0 Å². The molecule has 2 aromatic rings. The van der Waals surface area contributed by atoms with Crippen LogP contribution in [0.2, 0.25) is 0 Å². The van der Waals surface area contributed by atoms with E-state index in [0.29, 0.717) is 18.4 Å². The number of ether oxygens (including phenoxy) is 1. The highest BCUT2D eigenvalue weighted by Gasteiger charge is 2.20. The first-order valence-electron chi connectivity index (χ1n) is 6.80. The molecule has 0 radical (unpaired) electrons. The lowest BCUT2D eigenvalue weighted by atomic mass is 10.3. The average molecular weight is 271 g/mol. The SMILES string of the molecule is O=c1cc(CNC2CC2)nc(COc2ccccc2)[nH]1. The number of benzene rings is 1. The first-order chi connectivity index (χ1) is 9.79. The molecular formula is C15H17N3O2. The van der Waals surface area contributed by atoms with Crippen LogP contribution in [0.5, 0.6) is 5.75 Å². The molecule has 0 amide bonds. The van der Waals surface area contributed by atoms with E-state index >= 15 is 0 Å². The van der Waals surface area contributed by atoms with Crippen molar-refractivity contribution in [1.29, 1.82) is 0 Å². The van der Waals surface area contributed by atoms with Crippen LogP contribution in [0.4, 0.5) is 0 Å². The van der Waals surface area contributed by atoms with E-state index in [1.54, 1.807) is 0 Å². The van der Waals surface area contributed by atoms with E-state index in [2.05, 4.69) is 15.3 Å². The van der Waals surface area contributed by atoms with Crippen molar-refractivity contribution in [2.24, 2.45) is 0 Å². The monoisotopic (exact) mass is 271 g/mol. The summed E-state index contributed by atoms with van der Waals surface area (Å²) >= 11 is 0. The van der Waals surface area contributed by atoms with Crippen LogP contribution in [0.15, 0.2) is 41.2 Å². The zero-order chi connectivity index (χ0) is 13.8. The Hall–Kier alpha value is -2.14. The Kier molecular flexibility index (Phi) is 3.78. The smallest absolute Gasteiger partial charge is 0.251 e. The van der Waals surface area contributed by atoms with Crippen LogP contribution in [-0.4, -0.2) is 16.0 Å². The van der Waals surface area contributed by atoms with Crippen molar-refractivity contribution in [3.8, 4) is 5.75 Å². The van der Waals surface area contributed by atoms with Gasteiger partial charge in [0.05, 0.1) is 5.69 Å². The van der Waals surface area contributed by atoms with E-state index in [1.807, 2.05) is 30.3 Å². The Labute approximate surface area is 117 Å². The van der Waals surface area contributed by atoms with Gasteiger partial charge in [0.15, 0.2) is 0 Å². The third kappa shape index (κ3) is 3.68. The van der Waals surface area contributed by atoms with Gasteiger partial charge in [-0.1, -0.05) is 18.2 Å². The van der Waals surface area contributed by atoms with Crippen molar-refractivity contribution >= 4 is 0 Å². The average Bonchev–Trinajstić information content (AvgIpc) is 3.28. The van der Waals surface area contributed by atoms with Crippen LogP contribution < -0.4 is 15.6 Å². The summed E-state index contributed by atoms with van der Waals surface area (Å²) in [7, 11) is 0. The molecule has 1 aliphatic rings. The Morgan fingerprint density at radius 2 is 2.10 bits per heavy atom. The number of hydrogen-bond acceptors (Lipinski definition) is 4. The van der Waals surface area contributed by atoms with Crippen molar-refractivity contribution in [3.63, 3.8) is 0 Å². The van der Waals surface area contributed by atoms with Crippen molar-refractivity contribution in [2.75, 3.05) is 0 Å². The molecule has 1 aromatic carbocycles. The van der Waals surface area contributed by atoms with Crippen molar-refractivity contribution < 1.29 is 4.74 Å². The molecule has 5 heteroatoms. The highest BCUT2D eigenvalue weighted by atomic mass is 16.5. The van der Waals surface area contributed by atoms with Gasteiger partial charge in [0.2, 0.25) is 0 Å². The van der Waals surface area contributed by atoms with E-state index < -0.39 is 0 Å². The normalized spacial score (nSPS) is 14.2. The van der Waals surface area contributed by atoms with E-state index in [-0.39, 0.29) is 12.2 Å². The molecule has 0 bridgehead atoms. The number of nitrogens with zero attached hydrogens (tertiary/aromatic N) is 1. The predicted octanol–water partition coefficient (Wildman–Crippen LogP) is 1.60. The van der Waals surface area contributed by atoms with Crippen molar-refractivity contribution in [3.05, 3.63) is 58.3 Å². The van der Waals surface area contributed by atoms with Crippen molar-refractivity contribution in [2.45, 2.75) is 32.0 Å². The van der Waals surface area contributed by atoms with Crippen LogP contribution in [0, 0.1) is 0 Å². The molecule has 0 atom stereocenters. The minimum atomic E-state index is -0.140. The summed E-state index contributed by atoms with van der Waals surface area (Å²) < 4.78 is 5.59. The summed E-state index contributed by atoms with van der Waals surface area (Å²) in [6.45, 7) is 0.892. The van der Waals surface area contributed by atoms with Gasteiger partial charge in [0.1, 0.15) is 18.2 Å². The standard InChI is InChI=1S/C15H17N3O2/c19-15-8-12(9-16-11-6-7-11)17-14(18-15)10-20-13-4-2-1-3-5-13/h1-5,8,11,16H,6-7,9-10H2,(H,17,18,19). The molecule has 3 rings (SSSR count). The van der Waals surface area contributed by atoms with E-state index in [1.165, 1.54) is 18.9 Å². The van der Waals surface area contributed by atoms with Crippen molar-refractivity contribution in [1.82, 2.24) is 15.3 Å². The van der Waals surface area contributed by atoms with Gasteiger partial charge in [-0.05, 0) is 25.0 Å². The van der Waals surface area contributed by atoms with Gasteiger partial charge < -0.3 is 15.0 Å². The van der Waals surface area contributed by atoms with Gasteiger partial charge in [-0.3, -0.25) is 4.79 Å². The molecule has 1 heterocycles. The van der Waals surface area contributed by atoms with Crippen LogP contribution in [0.3, 0.4) is 0 Å². The summed E-state index contributed by atoms with van der Waals surface area (Å²) in [6, 6.07) is 11.6. The van der Waals surface area contributed by atoms with Gasteiger partial charge in [0, 0.05) is 18.7 Å². The minimum absolute atomic E-state index is 0.140. The van der Waals surface area contributed by atoms with E-state index in [9.17, 15) is 4.79 Å². The lowest BCUT2D eigenvalue weighted by Crippen LogP contribution is -2.21. The number of aromatic amines is 1. The molecule has 2 N–H and O–H groups in total. The summed E-state index contributed by atoms with van der Waals surface area (Å²) in [5.74, 6) is 1.31. The molecule has 0 spiro atoms. The Bertz CT molecular complexity index is 621. The first kappa shape index (κ1) is 12.9. The molecule has 5 nitrogen and oxygen atoms in total. The third-order valence-corrected chi connectivity index (χ3v) is 3.11. The van der Waals surface area contributed by atoms with Gasteiger partial charge >= 0.3 is 0 Å². The fourth-order valence-corrected chi connectivity index (χ4v) is 1.93. The van der Waals surface area contributed by atoms with Crippen LogP contribution in [0.25, 0.3) is 0 Å². The molecule has 0 aliphatic heterocycles. The largest absolute Gasteiger partial charge is 0.486 e. The number of para-hydroxylation sites is 1. The third-order valence-electron chi connectivity index (χ3n) is 3.11. The highest BCUT2D eigenvalue weighted by Crippen LogP contribution is 2.18. The Balaban J connectivity index is 1.64. The van der Waals surface area contributed by atoms with Crippen LogP contribution in [-0.2, 0) is 13.2 Å². The molecule has 104 valence electrons. The molecular weight excluding hydrogens is 254 g/mol. The number of hydrogen-bond donors (Lipinski definition) is 2. The summed E-state index contributed by atoms with van der Waals surface area (Å²) in [4.78, 5) is 18.7. The Morgan fingerprint density at radius 3 is 2.85 bits per heavy atom. The van der Waals surface area contributed by atoms with Gasteiger partial charge in [-0.2, -0.15) is 0 Å². The quantitative estimate of drug-likeness (QED) is 0.837. The molecule has 0 unspecified atom stereocenters. The summed E-state index contributed by atoms with van der Waals surface area (Å²) in [5.41, 5.74) is 0.617. The number of H-pyrrole nitrogens is 1. The second-order valence-corrected chi connectivity index (χ2v) is 4.94. The number of rotatable bonds is 6. The number of aromatic nitrogens is 2. The van der Waals surface area contributed by atoms with Gasteiger partial charge in [-0.15, -0.1) is 0 Å². The highest BCUT2D eigenvalue weighted by molar-refractivity contribution is 5.21.